The number of rotatable bonds is 2. The number of fused-ring (bicyclic) bond motifs is 1. The Balaban J connectivity index is 1.60. The fourth-order valence-electron chi connectivity index (χ4n) is 3.19. The quantitative estimate of drug-likeness (QED) is 0.922. The molecule has 0 saturated carbocycles. The molecule has 3 heterocycles. The van der Waals surface area contributed by atoms with Gasteiger partial charge < -0.3 is 15.0 Å². The molecule has 2 aromatic rings. The fourth-order valence-corrected chi connectivity index (χ4v) is 3.90. The fraction of sp³-hybridized carbons (Fsp3) is 0.294. The van der Waals surface area contributed by atoms with Gasteiger partial charge in [0.15, 0.2) is 6.61 Å². The molecule has 1 N–H and O–H groups in total. The first-order valence-corrected chi connectivity index (χ1v) is 8.56. The minimum Gasteiger partial charge on any atom is -0.482 e. The summed E-state index contributed by atoms with van der Waals surface area (Å²) in [5.74, 6) is 0.400. The molecular weight excluding hydrogens is 312 g/mol. The highest BCUT2D eigenvalue weighted by atomic mass is 32.1. The van der Waals surface area contributed by atoms with Crippen molar-refractivity contribution < 1.29 is 14.3 Å². The van der Waals surface area contributed by atoms with Crippen molar-refractivity contribution in [1.82, 2.24) is 4.90 Å². The van der Waals surface area contributed by atoms with Gasteiger partial charge in [0.25, 0.3) is 11.8 Å². The van der Waals surface area contributed by atoms with Crippen LogP contribution in [0.2, 0.25) is 0 Å². The highest BCUT2D eigenvalue weighted by Gasteiger charge is 2.31. The van der Waals surface area contributed by atoms with Gasteiger partial charge in [-0.25, -0.2) is 0 Å². The molecule has 1 aromatic heterocycles. The van der Waals surface area contributed by atoms with E-state index in [-0.39, 0.29) is 24.5 Å². The molecule has 6 heteroatoms. The highest BCUT2D eigenvalue weighted by Crippen LogP contribution is 2.35. The lowest BCUT2D eigenvalue weighted by atomic mass is 10.1. The minimum absolute atomic E-state index is 0.00805. The van der Waals surface area contributed by atoms with Crippen molar-refractivity contribution in [3.63, 3.8) is 0 Å². The average molecular weight is 328 g/mol. The third-order valence-corrected chi connectivity index (χ3v) is 5.00. The van der Waals surface area contributed by atoms with Gasteiger partial charge in [0, 0.05) is 12.1 Å². The number of carbonyl (C=O) groups excluding carboxylic acids is 2. The van der Waals surface area contributed by atoms with Gasteiger partial charge in [-0.1, -0.05) is 0 Å². The van der Waals surface area contributed by atoms with E-state index >= 15 is 0 Å². The van der Waals surface area contributed by atoms with E-state index < -0.39 is 0 Å². The molecule has 0 radical (unpaired) electrons. The van der Waals surface area contributed by atoms with Gasteiger partial charge in [-0.3, -0.25) is 9.59 Å². The molecule has 2 amide bonds. The normalized spacial score (nSPS) is 19.9. The molecule has 4 rings (SSSR count). The summed E-state index contributed by atoms with van der Waals surface area (Å²) in [6.07, 6.45) is 2.02. The third kappa shape index (κ3) is 2.59. The zero-order valence-corrected chi connectivity index (χ0v) is 13.3. The van der Waals surface area contributed by atoms with Crippen LogP contribution in [0.15, 0.2) is 35.0 Å². The van der Waals surface area contributed by atoms with E-state index in [0.29, 0.717) is 17.0 Å². The molecule has 1 saturated heterocycles. The summed E-state index contributed by atoms with van der Waals surface area (Å²) < 4.78 is 5.41. The number of nitrogens with zero attached hydrogens (tertiary/aromatic N) is 1. The van der Waals surface area contributed by atoms with Crippen molar-refractivity contribution >= 4 is 28.8 Å². The standard InChI is InChI=1S/C17H16N2O3S/c20-16-9-22-15-8-11(3-4-13(15)18-16)17(21)19-6-1-2-14(19)12-5-7-23-10-12/h3-5,7-8,10,14H,1-2,6,9H2,(H,18,20). The maximum atomic E-state index is 12.9. The van der Waals surface area contributed by atoms with Crippen LogP contribution in [0, 0.1) is 0 Å². The number of hydrogen-bond acceptors (Lipinski definition) is 4. The molecule has 2 aliphatic heterocycles. The maximum absolute atomic E-state index is 12.9. The Bertz CT molecular complexity index is 757. The molecule has 118 valence electrons. The molecular formula is C17H16N2O3S. The summed E-state index contributed by atoms with van der Waals surface area (Å²) in [7, 11) is 0. The molecule has 23 heavy (non-hydrogen) atoms. The highest BCUT2D eigenvalue weighted by molar-refractivity contribution is 7.08. The largest absolute Gasteiger partial charge is 0.482 e. The first-order chi connectivity index (χ1) is 11.2. The molecule has 1 fully saturated rings. The Kier molecular flexibility index (Phi) is 3.53. The molecule has 2 aliphatic rings. The second-order valence-electron chi connectivity index (χ2n) is 5.76. The van der Waals surface area contributed by atoms with Crippen molar-refractivity contribution in [2.45, 2.75) is 18.9 Å². The van der Waals surface area contributed by atoms with E-state index in [2.05, 4.69) is 16.8 Å². The van der Waals surface area contributed by atoms with Gasteiger partial charge in [0.05, 0.1) is 11.7 Å². The van der Waals surface area contributed by atoms with Gasteiger partial charge in [0.1, 0.15) is 5.75 Å². The lowest BCUT2D eigenvalue weighted by Crippen LogP contribution is -2.31. The van der Waals surface area contributed by atoms with Gasteiger partial charge in [-0.2, -0.15) is 11.3 Å². The van der Waals surface area contributed by atoms with E-state index in [1.54, 1.807) is 29.5 Å². The number of amides is 2. The first-order valence-electron chi connectivity index (χ1n) is 7.62. The zero-order chi connectivity index (χ0) is 15.8. The number of hydrogen-bond donors (Lipinski definition) is 1. The summed E-state index contributed by atoms with van der Waals surface area (Å²) in [5, 5.41) is 6.90. The van der Waals surface area contributed by atoms with E-state index in [1.165, 1.54) is 5.56 Å². The van der Waals surface area contributed by atoms with Gasteiger partial charge in [0.2, 0.25) is 0 Å². The van der Waals surface area contributed by atoms with Crippen molar-refractivity contribution in [1.29, 1.82) is 0 Å². The molecule has 5 nitrogen and oxygen atoms in total. The van der Waals surface area contributed by atoms with Crippen LogP contribution in [0.3, 0.4) is 0 Å². The van der Waals surface area contributed by atoms with Crippen LogP contribution in [-0.2, 0) is 4.79 Å². The minimum atomic E-state index is -0.173. The van der Waals surface area contributed by atoms with Crippen molar-refractivity contribution in [2.75, 3.05) is 18.5 Å². The van der Waals surface area contributed by atoms with E-state index in [0.717, 1.165) is 19.4 Å². The van der Waals surface area contributed by atoms with Crippen LogP contribution in [0.25, 0.3) is 0 Å². The predicted molar refractivity (Wildman–Crippen MR) is 87.9 cm³/mol. The molecule has 0 bridgehead atoms. The molecule has 0 aliphatic carbocycles. The topological polar surface area (TPSA) is 58.6 Å². The van der Waals surface area contributed by atoms with Crippen molar-refractivity contribution in [2.24, 2.45) is 0 Å². The molecule has 1 aromatic carbocycles. The van der Waals surface area contributed by atoms with Crippen LogP contribution in [0.1, 0.15) is 34.8 Å². The Labute approximate surface area is 137 Å². The maximum Gasteiger partial charge on any atom is 0.262 e. The number of ether oxygens (including phenoxy) is 1. The van der Waals surface area contributed by atoms with Crippen LogP contribution in [0.5, 0.6) is 5.75 Å². The number of anilines is 1. The summed E-state index contributed by atoms with van der Waals surface area (Å²) in [6, 6.07) is 7.45. The molecule has 1 unspecified atom stereocenters. The SMILES string of the molecule is O=C1COc2cc(C(=O)N3CCCC3c3ccsc3)ccc2N1. The second kappa shape index (κ2) is 5.70. The number of thiophene rings is 1. The Morgan fingerprint density at radius 2 is 2.26 bits per heavy atom. The number of likely N-dealkylation sites (tertiary alicyclic amines) is 1. The third-order valence-electron chi connectivity index (χ3n) is 4.30. The zero-order valence-electron chi connectivity index (χ0n) is 12.5. The summed E-state index contributed by atoms with van der Waals surface area (Å²) >= 11 is 1.66. The predicted octanol–water partition coefficient (Wildman–Crippen LogP) is 3.06. The number of benzene rings is 1. The van der Waals surface area contributed by atoms with Gasteiger partial charge in [-0.15, -0.1) is 0 Å². The van der Waals surface area contributed by atoms with Crippen LogP contribution >= 0.6 is 11.3 Å². The lowest BCUT2D eigenvalue weighted by molar-refractivity contribution is -0.118. The number of carbonyl (C=O) groups is 2. The van der Waals surface area contributed by atoms with Crippen molar-refractivity contribution in [3.8, 4) is 5.75 Å². The second-order valence-corrected chi connectivity index (χ2v) is 6.54. The van der Waals surface area contributed by atoms with Gasteiger partial charge >= 0.3 is 0 Å². The van der Waals surface area contributed by atoms with Crippen LogP contribution in [-0.4, -0.2) is 29.9 Å². The van der Waals surface area contributed by atoms with Crippen molar-refractivity contribution in [3.05, 3.63) is 46.2 Å². The smallest absolute Gasteiger partial charge is 0.262 e. The summed E-state index contributed by atoms with van der Waals surface area (Å²) in [5.41, 5.74) is 2.43. The average Bonchev–Trinajstić information content (AvgIpc) is 3.24. The van der Waals surface area contributed by atoms with Gasteiger partial charge in [-0.05, 0) is 53.4 Å². The van der Waals surface area contributed by atoms with E-state index in [1.807, 2.05) is 10.3 Å². The number of nitrogens with one attached hydrogen (secondary N) is 1. The Hall–Kier alpha value is -2.34. The molecule has 1 atom stereocenters. The van der Waals surface area contributed by atoms with E-state index in [4.69, 9.17) is 4.74 Å². The first kappa shape index (κ1) is 14.3. The van der Waals surface area contributed by atoms with E-state index in [9.17, 15) is 9.59 Å². The summed E-state index contributed by atoms with van der Waals surface area (Å²) in [4.78, 5) is 26.1. The molecule has 0 spiro atoms. The Morgan fingerprint density at radius 3 is 3.09 bits per heavy atom. The van der Waals surface area contributed by atoms with Crippen LogP contribution < -0.4 is 10.1 Å². The Morgan fingerprint density at radius 1 is 1.35 bits per heavy atom. The summed E-state index contributed by atoms with van der Waals surface area (Å²) in [6.45, 7) is 0.764. The monoisotopic (exact) mass is 328 g/mol. The van der Waals surface area contributed by atoms with Crippen LogP contribution in [0.4, 0.5) is 5.69 Å². The lowest BCUT2D eigenvalue weighted by Gasteiger charge is -2.25.